The van der Waals surface area contributed by atoms with E-state index in [1.54, 1.807) is 0 Å². The zero-order valence-electron chi connectivity index (χ0n) is 11.4. The van der Waals surface area contributed by atoms with Crippen molar-refractivity contribution < 1.29 is 14.3 Å². The van der Waals surface area contributed by atoms with Crippen LogP contribution in [0, 0.1) is 0 Å². The third kappa shape index (κ3) is 4.17. The van der Waals surface area contributed by atoms with E-state index in [4.69, 9.17) is 16.3 Å². The number of carbonyl (C=O) groups excluding carboxylic acids is 2. The van der Waals surface area contributed by atoms with E-state index in [0.29, 0.717) is 0 Å². The first-order chi connectivity index (χ1) is 10.2. The van der Waals surface area contributed by atoms with E-state index in [2.05, 4.69) is 0 Å². The number of halogens is 1. The molecule has 0 amide bonds. The summed E-state index contributed by atoms with van der Waals surface area (Å²) >= 11 is 5.48. The average Bonchev–Trinajstić information content (AvgIpc) is 2.50. The first-order valence-electron chi connectivity index (χ1n) is 6.62. The monoisotopic (exact) mass is 302 g/mol. The first kappa shape index (κ1) is 15.3. The fourth-order valence-corrected chi connectivity index (χ4v) is 2.21. The van der Waals surface area contributed by atoms with Crippen LogP contribution >= 0.6 is 11.6 Å². The molecule has 0 heterocycles. The Bertz CT molecular complexity index is 556. The number of benzene rings is 2. The van der Waals surface area contributed by atoms with Gasteiger partial charge in [0.25, 0.3) is 0 Å². The molecular formula is C17H15ClO3. The summed E-state index contributed by atoms with van der Waals surface area (Å²) in [5.74, 6) is -1.67. The van der Waals surface area contributed by atoms with E-state index in [0.717, 1.165) is 11.1 Å². The maximum Gasteiger partial charge on any atom is 0.325 e. The third-order valence-corrected chi connectivity index (χ3v) is 3.20. The Morgan fingerprint density at radius 1 is 0.905 bits per heavy atom. The molecule has 0 spiro atoms. The smallest absolute Gasteiger partial charge is 0.325 e. The number of rotatable bonds is 5. The molecular weight excluding hydrogens is 288 g/mol. The van der Waals surface area contributed by atoms with Gasteiger partial charge in [-0.05, 0) is 11.1 Å². The molecule has 2 aromatic rings. The van der Waals surface area contributed by atoms with Gasteiger partial charge in [-0.1, -0.05) is 60.7 Å². The summed E-state index contributed by atoms with van der Waals surface area (Å²) in [6.07, 6.45) is 0.0175. The molecule has 108 valence electrons. The second-order valence-electron chi connectivity index (χ2n) is 4.49. The maximum atomic E-state index is 12.3. The molecule has 0 bridgehead atoms. The van der Waals surface area contributed by atoms with Gasteiger partial charge < -0.3 is 4.74 Å². The molecule has 2 aromatic carbocycles. The fraction of sp³-hybridized carbons (Fsp3) is 0.176. The zero-order valence-corrected chi connectivity index (χ0v) is 12.1. The Morgan fingerprint density at radius 3 is 1.81 bits per heavy atom. The van der Waals surface area contributed by atoms with Crippen LogP contribution in [0.4, 0.5) is 0 Å². The molecule has 3 nitrogen and oxygen atoms in total. The van der Waals surface area contributed by atoms with Crippen LogP contribution in [-0.4, -0.2) is 17.8 Å². The normalized spacial score (nSPS) is 10.4. The van der Waals surface area contributed by atoms with Crippen LogP contribution in [0.15, 0.2) is 60.7 Å². The fourth-order valence-electron chi connectivity index (χ4n) is 2.05. The van der Waals surface area contributed by atoms with E-state index < -0.39 is 17.9 Å². The second-order valence-corrected chi connectivity index (χ2v) is 4.86. The molecule has 0 radical (unpaired) electrons. The van der Waals surface area contributed by atoms with Crippen LogP contribution in [0.5, 0.6) is 0 Å². The second kappa shape index (κ2) is 7.60. The van der Waals surface area contributed by atoms with Crippen LogP contribution < -0.4 is 0 Å². The highest BCUT2D eigenvalue weighted by Gasteiger charge is 2.26. The quantitative estimate of drug-likeness (QED) is 0.482. The van der Waals surface area contributed by atoms with Crippen LogP contribution in [0.3, 0.4) is 0 Å². The lowest BCUT2D eigenvalue weighted by atomic mass is 9.91. The van der Waals surface area contributed by atoms with Gasteiger partial charge in [-0.15, -0.1) is 11.6 Å². The molecule has 0 N–H and O–H groups in total. The van der Waals surface area contributed by atoms with Crippen molar-refractivity contribution in [1.29, 1.82) is 0 Å². The van der Waals surface area contributed by atoms with Crippen molar-refractivity contribution in [1.82, 2.24) is 0 Å². The zero-order chi connectivity index (χ0) is 15.1. The van der Waals surface area contributed by atoms with E-state index >= 15 is 0 Å². The van der Waals surface area contributed by atoms with Gasteiger partial charge in [0.2, 0.25) is 0 Å². The van der Waals surface area contributed by atoms with Crippen molar-refractivity contribution in [3.05, 3.63) is 71.8 Å². The van der Waals surface area contributed by atoms with E-state index in [1.165, 1.54) is 0 Å². The topological polar surface area (TPSA) is 43.4 Å². The maximum absolute atomic E-state index is 12.3. The summed E-state index contributed by atoms with van der Waals surface area (Å²) in [7, 11) is 0. The summed E-state index contributed by atoms with van der Waals surface area (Å²) in [6, 6.07) is 18.5. The van der Waals surface area contributed by atoms with E-state index in [9.17, 15) is 9.59 Å². The Labute approximate surface area is 128 Å². The summed E-state index contributed by atoms with van der Waals surface area (Å²) < 4.78 is 4.90. The molecule has 0 aromatic heterocycles. The lowest BCUT2D eigenvalue weighted by Gasteiger charge is -2.16. The summed E-state index contributed by atoms with van der Waals surface area (Å²) in [5, 5.41) is 0. The number of alkyl halides is 1. The van der Waals surface area contributed by atoms with Gasteiger partial charge in [0, 0.05) is 5.88 Å². The van der Waals surface area contributed by atoms with Gasteiger partial charge in [-0.2, -0.15) is 0 Å². The molecule has 0 aliphatic heterocycles. The van der Waals surface area contributed by atoms with Gasteiger partial charge in [-0.3, -0.25) is 9.59 Å². The molecule has 0 aliphatic carbocycles. The van der Waals surface area contributed by atoms with Gasteiger partial charge in [0.1, 0.15) is 5.92 Å². The van der Waals surface area contributed by atoms with Gasteiger partial charge in [-0.25, -0.2) is 0 Å². The predicted octanol–water partition coefficient (Wildman–Crippen LogP) is 3.52. The number of hydrogen-bond acceptors (Lipinski definition) is 3. The Balaban J connectivity index is 2.29. The third-order valence-electron chi connectivity index (χ3n) is 3.01. The minimum atomic E-state index is -0.619. The Kier molecular flexibility index (Phi) is 5.52. The Morgan fingerprint density at radius 2 is 1.38 bits per heavy atom. The van der Waals surface area contributed by atoms with Crippen molar-refractivity contribution in [3.63, 3.8) is 0 Å². The molecule has 0 saturated carbocycles. The van der Waals surface area contributed by atoms with E-state index in [1.807, 2.05) is 60.7 Å². The lowest BCUT2D eigenvalue weighted by molar-refractivity contribution is -0.159. The molecule has 0 atom stereocenters. The van der Waals surface area contributed by atoms with Crippen molar-refractivity contribution in [2.24, 2.45) is 0 Å². The average molecular weight is 303 g/mol. The Hall–Kier alpha value is -2.13. The van der Waals surface area contributed by atoms with Crippen LogP contribution in [-0.2, 0) is 14.3 Å². The summed E-state index contributed by atoms with van der Waals surface area (Å²) in [5.41, 5.74) is 1.57. The van der Waals surface area contributed by atoms with Crippen molar-refractivity contribution in [2.75, 3.05) is 5.88 Å². The number of esters is 2. The van der Waals surface area contributed by atoms with Crippen LogP contribution in [0.1, 0.15) is 23.5 Å². The minimum Gasteiger partial charge on any atom is -0.392 e. The molecule has 21 heavy (non-hydrogen) atoms. The van der Waals surface area contributed by atoms with Crippen LogP contribution in [0.2, 0.25) is 0 Å². The number of hydrogen-bond donors (Lipinski definition) is 0. The molecule has 0 aliphatic rings. The summed E-state index contributed by atoms with van der Waals surface area (Å²) in [6.45, 7) is 0. The van der Waals surface area contributed by atoms with Crippen molar-refractivity contribution in [2.45, 2.75) is 12.3 Å². The molecule has 0 saturated heterocycles. The lowest BCUT2D eigenvalue weighted by Crippen LogP contribution is -2.21. The summed E-state index contributed by atoms with van der Waals surface area (Å²) in [4.78, 5) is 23.8. The van der Waals surface area contributed by atoms with E-state index in [-0.39, 0.29) is 12.3 Å². The van der Waals surface area contributed by atoms with Crippen molar-refractivity contribution >= 4 is 23.5 Å². The van der Waals surface area contributed by atoms with Crippen molar-refractivity contribution in [3.8, 4) is 0 Å². The van der Waals surface area contributed by atoms with Gasteiger partial charge in [0.05, 0.1) is 6.42 Å². The largest absolute Gasteiger partial charge is 0.392 e. The van der Waals surface area contributed by atoms with Gasteiger partial charge >= 0.3 is 11.9 Å². The highest BCUT2D eigenvalue weighted by atomic mass is 35.5. The minimum absolute atomic E-state index is 0.0175. The van der Waals surface area contributed by atoms with Crippen LogP contribution in [0.25, 0.3) is 0 Å². The number of carbonyl (C=O) groups is 2. The predicted molar refractivity (Wildman–Crippen MR) is 81.2 cm³/mol. The molecule has 4 heteroatoms. The standard InChI is InChI=1S/C17H15ClO3/c18-12-11-15(19)21-17(20)16(13-7-3-1-4-8-13)14-9-5-2-6-10-14/h1-10,16H,11-12H2. The molecule has 0 unspecified atom stereocenters. The SMILES string of the molecule is O=C(CCCl)OC(=O)C(c1ccccc1)c1ccccc1. The van der Waals surface area contributed by atoms with Gasteiger partial charge in [0.15, 0.2) is 0 Å². The highest BCUT2D eigenvalue weighted by Crippen LogP contribution is 2.26. The number of ether oxygens (including phenoxy) is 1. The first-order valence-corrected chi connectivity index (χ1v) is 7.16. The highest BCUT2D eigenvalue weighted by molar-refractivity contribution is 6.18. The molecule has 0 fully saturated rings. The molecule has 2 rings (SSSR count).